The number of anilines is 1. The Morgan fingerprint density at radius 3 is 2.26 bits per heavy atom. The molecule has 2 aliphatic heterocycles. The fourth-order valence-electron chi connectivity index (χ4n) is 4.05. The van der Waals surface area contributed by atoms with Gasteiger partial charge in [-0.25, -0.2) is 0 Å². The molecule has 4 heteroatoms. The van der Waals surface area contributed by atoms with Crippen LogP contribution in [0.4, 0.5) is 5.69 Å². The van der Waals surface area contributed by atoms with Crippen molar-refractivity contribution in [1.29, 1.82) is 0 Å². The summed E-state index contributed by atoms with van der Waals surface area (Å²) < 4.78 is 0. The third-order valence-corrected chi connectivity index (χ3v) is 5.28. The first kappa shape index (κ1) is 17.5. The Morgan fingerprint density at radius 1 is 1.00 bits per heavy atom. The summed E-state index contributed by atoms with van der Waals surface area (Å²) in [5.41, 5.74) is 4.93. The van der Waals surface area contributed by atoms with E-state index in [2.05, 4.69) is 30.9 Å². The number of nitrogens with zero attached hydrogens (tertiary/aromatic N) is 3. The maximum Gasteiger partial charge on any atom is 0.275 e. The first-order valence-electron chi connectivity index (χ1n) is 9.53. The van der Waals surface area contributed by atoms with Crippen LogP contribution < -0.4 is 4.90 Å². The maximum atomic E-state index is 13.6. The standard InChI is InChI=1S/C23H25N3O/c1-16(2)20-19-21(17-10-6-4-7-11-17)26(18-12-8-5-9-13-18)23(27)22(19)25(3)15-14-24-20/h4-13,16,21H,14-15H2,1-3H3. The number of rotatable bonds is 3. The number of amides is 1. The first-order chi connectivity index (χ1) is 13.1. The lowest BCUT2D eigenvalue weighted by Crippen LogP contribution is -2.34. The van der Waals surface area contributed by atoms with Crippen molar-refractivity contribution in [3.05, 3.63) is 77.5 Å². The average molecular weight is 359 g/mol. The van der Waals surface area contributed by atoms with Gasteiger partial charge in [0.1, 0.15) is 5.70 Å². The minimum absolute atomic E-state index is 0.0582. The number of aliphatic imine (C=N–C) groups is 1. The average Bonchev–Trinajstić information content (AvgIpc) is 2.87. The van der Waals surface area contributed by atoms with Crippen LogP contribution in [0.25, 0.3) is 0 Å². The third-order valence-electron chi connectivity index (χ3n) is 5.28. The number of hydrogen-bond donors (Lipinski definition) is 0. The highest BCUT2D eigenvalue weighted by molar-refractivity contribution is 6.19. The lowest BCUT2D eigenvalue weighted by molar-refractivity contribution is -0.116. The second kappa shape index (κ2) is 7.03. The van der Waals surface area contributed by atoms with Crippen LogP contribution in [0.2, 0.25) is 0 Å². The van der Waals surface area contributed by atoms with E-state index in [0.29, 0.717) is 0 Å². The van der Waals surface area contributed by atoms with Crippen LogP contribution in [0, 0.1) is 5.92 Å². The van der Waals surface area contributed by atoms with Crippen LogP contribution in [0.1, 0.15) is 25.5 Å². The van der Waals surface area contributed by atoms with Gasteiger partial charge in [-0.15, -0.1) is 0 Å². The zero-order valence-electron chi connectivity index (χ0n) is 16.1. The van der Waals surface area contributed by atoms with Crippen molar-refractivity contribution in [2.45, 2.75) is 19.9 Å². The second-order valence-corrected chi connectivity index (χ2v) is 7.43. The zero-order chi connectivity index (χ0) is 19.0. The van der Waals surface area contributed by atoms with Crippen molar-refractivity contribution in [2.24, 2.45) is 10.9 Å². The highest BCUT2D eigenvalue weighted by atomic mass is 16.2. The van der Waals surface area contributed by atoms with Crippen LogP contribution in [0.15, 0.2) is 76.9 Å². The lowest BCUT2D eigenvalue weighted by atomic mass is 9.90. The van der Waals surface area contributed by atoms with Crippen molar-refractivity contribution in [1.82, 2.24) is 4.90 Å². The minimum Gasteiger partial charge on any atom is -0.368 e. The lowest BCUT2D eigenvalue weighted by Gasteiger charge is -2.29. The van der Waals surface area contributed by atoms with E-state index in [1.165, 1.54) is 0 Å². The SMILES string of the molecule is CC(C)C1=NCCN(C)C2=C1C(c1ccccc1)N(c1ccccc1)C2=O. The molecule has 1 atom stereocenters. The van der Waals surface area contributed by atoms with Crippen LogP contribution in [0.3, 0.4) is 0 Å². The van der Waals surface area contributed by atoms with Gasteiger partial charge in [-0.2, -0.15) is 0 Å². The Balaban J connectivity index is 1.96. The van der Waals surface area contributed by atoms with Gasteiger partial charge in [0.15, 0.2) is 0 Å². The van der Waals surface area contributed by atoms with Crippen LogP contribution in [-0.4, -0.2) is 36.7 Å². The zero-order valence-corrected chi connectivity index (χ0v) is 16.1. The predicted octanol–water partition coefficient (Wildman–Crippen LogP) is 4.07. The molecule has 0 fully saturated rings. The molecular formula is C23H25N3O. The quantitative estimate of drug-likeness (QED) is 0.828. The van der Waals surface area contributed by atoms with Gasteiger partial charge in [-0.3, -0.25) is 14.7 Å². The summed E-state index contributed by atoms with van der Waals surface area (Å²) in [6.45, 7) is 5.79. The van der Waals surface area contributed by atoms with Gasteiger partial charge in [-0.05, 0) is 23.6 Å². The fourth-order valence-corrected chi connectivity index (χ4v) is 4.05. The van der Waals surface area contributed by atoms with Gasteiger partial charge >= 0.3 is 0 Å². The van der Waals surface area contributed by atoms with Crippen molar-refractivity contribution in [2.75, 3.05) is 25.0 Å². The molecule has 0 radical (unpaired) electrons. The Hall–Kier alpha value is -2.88. The van der Waals surface area contributed by atoms with Crippen molar-refractivity contribution >= 4 is 17.3 Å². The van der Waals surface area contributed by atoms with E-state index in [1.54, 1.807) is 0 Å². The molecule has 0 aromatic heterocycles. The first-order valence-corrected chi connectivity index (χ1v) is 9.53. The summed E-state index contributed by atoms with van der Waals surface area (Å²) in [6, 6.07) is 20.1. The van der Waals surface area contributed by atoms with E-state index in [9.17, 15) is 4.79 Å². The Labute approximate surface area is 160 Å². The maximum absolute atomic E-state index is 13.6. The van der Waals surface area contributed by atoms with Crippen molar-refractivity contribution < 1.29 is 4.79 Å². The van der Waals surface area contributed by atoms with Crippen LogP contribution in [-0.2, 0) is 4.79 Å². The molecule has 0 saturated carbocycles. The number of likely N-dealkylation sites (N-methyl/N-ethyl adjacent to an activating group) is 1. The van der Waals surface area contributed by atoms with Gasteiger partial charge < -0.3 is 4.90 Å². The van der Waals surface area contributed by atoms with Gasteiger partial charge in [0.25, 0.3) is 5.91 Å². The van der Waals surface area contributed by atoms with Gasteiger partial charge in [-0.1, -0.05) is 62.4 Å². The minimum atomic E-state index is -0.155. The number of benzene rings is 2. The molecule has 1 unspecified atom stereocenters. The molecule has 0 spiro atoms. The van der Waals surface area contributed by atoms with E-state index in [4.69, 9.17) is 4.99 Å². The monoisotopic (exact) mass is 359 g/mol. The summed E-state index contributed by atoms with van der Waals surface area (Å²) >= 11 is 0. The highest BCUT2D eigenvalue weighted by Gasteiger charge is 2.45. The molecule has 1 amide bonds. The molecule has 0 saturated heterocycles. The second-order valence-electron chi connectivity index (χ2n) is 7.43. The van der Waals surface area contributed by atoms with Gasteiger partial charge in [0.05, 0.1) is 12.6 Å². The van der Waals surface area contributed by atoms with Crippen molar-refractivity contribution in [3.8, 4) is 0 Å². The van der Waals surface area contributed by atoms with E-state index in [-0.39, 0.29) is 17.9 Å². The molecule has 4 nitrogen and oxygen atoms in total. The van der Waals surface area contributed by atoms with E-state index in [0.717, 1.165) is 41.3 Å². The predicted molar refractivity (Wildman–Crippen MR) is 110 cm³/mol. The molecule has 4 rings (SSSR count). The summed E-state index contributed by atoms with van der Waals surface area (Å²) in [4.78, 5) is 22.5. The highest BCUT2D eigenvalue weighted by Crippen LogP contribution is 2.44. The van der Waals surface area contributed by atoms with E-state index < -0.39 is 0 Å². The van der Waals surface area contributed by atoms with Crippen LogP contribution in [0.5, 0.6) is 0 Å². The smallest absolute Gasteiger partial charge is 0.275 e. The molecule has 2 aromatic rings. The molecule has 2 aliphatic rings. The molecule has 0 aliphatic carbocycles. The summed E-state index contributed by atoms with van der Waals surface area (Å²) in [7, 11) is 2.00. The molecule has 0 N–H and O–H groups in total. The molecular weight excluding hydrogens is 334 g/mol. The Bertz CT molecular complexity index is 900. The van der Waals surface area contributed by atoms with Gasteiger partial charge in [0.2, 0.25) is 0 Å². The summed E-state index contributed by atoms with van der Waals surface area (Å²) in [5.74, 6) is 0.319. The third kappa shape index (κ3) is 2.95. The molecule has 27 heavy (non-hydrogen) atoms. The molecule has 0 bridgehead atoms. The molecule has 138 valence electrons. The number of carbonyl (C=O) groups is 1. The van der Waals surface area contributed by atoms with E-state index in [1.807, 2.05) is 60.5 Å². The molecule has 2 aromatic carbocycles. The fraction of sp³-hybridized carbons (Fsp3) is 0.304. The summed E-state index contributed by atoms with van der Waals surface area (Å²) in [5, 5.41) is 0. The van der Waals surface area contributed by atoms with Crippen molar-refractivity contribution in [3.63, 3.8) is 0 Å². The molecule has 2 heterocycles. The van der Waals surface area contributed by atoms with Gasteiger partial charge in [0, 0.05) is 30.6 Å². The topological polar surface area (TPSA) is 35.9 Å². The normalized spacial score (nSPS) is 20.1. The Morgan fingerprint density at radius 2 is 1.63 bits per heavy atom. The Kier molecular flexibility index (Phi) is 4.56. The summed E-state index contributed by atoms with van der Waals surface area (Å²) in [6.07, 6.45) is 0. The largest absolute Gasteiger partial charge is 0.368 e. The number of hydrogen-bond acceptors (Lipinski definition) is 3. The van der Waals surface area contributed by atoms with Crippen LogP contribution >= 0.6 is 0 Å². The number of carbonyl (C=O) groups excluding carboxylic acids is 1. The van der Waals surface area contributed by atoms with E-state index >= 15 is 0 Å². The number of para-hydroxylation sites is 1.